The number of ether oxygens (including phenoxy) is 1. The van der Waals surface area contributed by atoms with Gasteiger partial charge in [-0.05, 0) is 56.7 Å². The largest absolute Gasteiger partial charge is 0.493 e. The zero-order chi connectivity index (χ0) is 35.6. The van der Waals surface area contributed by atoms with E-state index in [2.05, 4.69) is 30.1 Å². The van der Waals surface area contributed by atoms with Gasteiger partial charge in [-0.15, -0.1) is 0 Å². The molecule has 3 heterocycles. The Balaban J connectivity index is 0.000000273. The molecule has 0 saturated carbocycles. The number of nitrogens with one attached hydrogen (secondary N) is 2. The van der Waals surface area contributed by atoms with Crippen LogP contribution in [0.4, 0.5) is 0 Å². The highest BCUT2D eigenvalue weighted by Crippen LogP contribution is 2.36. The van der Waals surface area contributed by atoms with Gasteiger partial charge in [0, 0.05) is 53.7 Å². The van der Waals surface area contributed by atoms with E-state index in [0.29, 0.717) is 30.8 Å². The van der Waals surface area contributed by atoms with Gasteiger partial charge in [-0.2, -0.15) is 0 Å². The summed E-state index contributed by atoms with van der Waals surface area (Å²) in [6.45, 7) is 8.32. The number of aromatic nitrogens is 4. The van der Waals surface area contributed by atoms with Crippen LogP contribution in [0.1, 0.15) is 87.7 Å². The van der Waals surface area contributed by atoms with Gasteiger partial charge in [0.05, 0.1) is 17.2 Å². The summed E-state index contributed by atoms with van der Waals surface area (Å²) in [6, 6.07) is 28.1. The predicted octanol–water partition coefficient (Wildman–Crippen LogP) is 8.56. The number of rotatable bonds is 14. The normalized spacial score (nSPS) is 13.0. The summed E-state index contributed by atoms with van der Waals surface area (Å²) in [6.07, 6.45) is 7.24. The molecule has 0 aliphatic heterocycles. The van der Waals surface area contributed by atoms with Crippen molar-refractivity contribution >= 4 is 28.2 Å². The molecule has 3 aromatic carbocycles. The van der Waals surface area contributed by atoms with Gasteiger partial charge < -0.3 is 20.6 Å². The van der Waals surface area contributed by atoms with Crippen molar-refractivity contribution in [3.05, 3.63) is 120 Å². The topological polar surface area (TPSA) is 142 Å². The number of aryl methyl sites for hydroxylation is 1. The first-order valence-corrected chi connectivity index (χ1v) is 17.5. The molecule has 0 radical (unpaired) electrons. The van der Waals surface area contributed by atoms with Gasteiger partial charge in [-0.3, -0.25) is 14.6 Å². The van der Waals surface area contributed by atoms with Crippen LogP contribution in [-0.2, 0) is 16.0 Å². The van der Waals surface area contributed by atoms with E-state index in [1.54, 1.807) is 4.40 Å². The van der Waals surface area contributed by atoms with Crippen molar-refractivity contribution in [1.29, 1.82) is 5.41 Å². The lowest BCUT2D eigenvalue weighted by Crippen LogP contribution is -2.25. The molecule has 0 fully saturated rings. The van der Waals surface area contributed by atoms with Crippen molar-refractivity contribution < 1.29 is 14.6 Å². The molecule has 9 nitrogen and oxygen atoms in total. The van der Waals surface area contributed by atoms with Crippen molar-refractivity contribution in [2.24, 2.45) is 5.73 Å². The Labute approximate surface area is 294 Å². The third-order valence-electron chi connectivity index (χ3n) is 9.14. The second-order valence-electron chi connectivity index (χ2n) is 12.6. The van der Waals surface area contributed by atoms with Crippen molar-refractivity contribution in [3.8, 4) is 17.1 Å². The maximum Gasteiger partial charge on any atom is 0.219 e. The van der Waals surface area contributed by atoms with E-state index < -0.39 is 0 Å². The van der Waals surface area contributed by atoms with E-state index in [-0.39, 0.29) is 35.4 Å². The van der Waals surface area contributed by atoms with Gasteiger partial charge in [0.25, 0.3) is 0 Å². The number of ketones is 1. The fourth-order valence-corrected chi connectivity index (χ4v) is 6.40. The summed E-state index contributed by atoms with van der Waals surface area (Å²) in [5.74, 6) is 0.392. The van der Waals surface area contributed by atoms with Gasteiger partial charge >= 0.3 is 0 Å². The van der Waals surface area contributed by atoms with Crippen LogP contribution < -0.4 is 5.73 Å². The number of aromatic amines is 1. The summed E-state index contributed by atoms with van der Waals surface area (Å²) in [7, 11) is 0. The molecule has 50 heavy (non-hydrogen) atoms. The zero-order valence-electron chi connectivity index (χ0n) is 29.4. The van der Waals surface area contributed by atoms with Gasteiger partial charge in [0.15, 0.2) is 11.4 Å². The number of hydrogen-bond donors (Lipinski definition) is 4. The number of fused-ring (bicyclic) bond motifs is 2. The Morgan fingerprint density at radius 3 is 2.26 bits per heavy atom. The first kappa shape index (κ1) is 36.0. The van der Waals surface area contributed by atoms with E-state index in [9.17, 15) is 9.90 Å². The van der Waals surface area contributed by atoms with Crippen LogP contribution in [0.25, 0.3) is 27.8 Å². The quantitative estimate of drug-likeness (QED) is 0.0519. The van der Waals surface area contributed by atoms with Crippen molar-refractivity contribution in [1.82, 2.24) is 19.4 Å². The number of carbonyl (C=O) groups is 1. The molecule has 3 atom stereocenters. The minimum absolute atomic E-state index is 0.0156. The Morgan fingerprint density at radius 1 is 0.940 bits per heavy atom. The minimum atomic E-state index is -0.315. The Bertz CT molecular complexity index is 2020. The zero-order valence-corrected chi connectivity index (χ0v) is 29.4. The number of nitrogens with two attached hydrogens (primary N) is 1. The summed E-state index contributed by atoms with van der Waals surface area (Å²) in [4.78, 5) is 25.2. The molecule has 9 heteroatoms. The molecular formula is C41H48N6O3. The summed E-state index contributed by atoms with van der Waals surface area (Å²) in [5, 5.41) is 20.0. The molecule has 3 aromatic heterocycles. The first-order chi connectivity index (χ1) is 24.2. The second kappa shape index (κ2) is 16.9. The van der Waals surface area contributed by atoms with E-state index in [4.69, 9.17) is 25.8 Å². The Morgan fingerprint density at radius 2 is 1.60 bits per heavy atom. The SMILES string of the molecule is CCC(c1ccccc1)c1nc2c(CCCCC(=N)N)nc(-c3c[nH]c4ccccc34)cn2c1O.CCOC(C)C(=O)C(C)c1ccccc1. The third-order valence-corrected chi connectivity index (χ3v) is 9.14. The van der Waals surface area contributed by atoms with Crippen LogP contribution in [-0.4, -0.2) is 48.8 Å². The fourth-order valence-electron chi connectivity index (χ4n) is 6.40. The lowest BCUT2D eigenvalue weighted by atomic mass is 9.93. The molecule has 6 rings (SSSR count). The number of unbranched alkanes of at least 4 members (excludes halogenated alkanes) is 1. The molecule has 260 valence electrons. The van der Waals surface area contributed by atoms with E-state index in [0.717, 1.165) is 58.2 Å². The van der Waals surface area contributed by atoms with Crippen molar-refractivity contribution in [2.75, 3.05) is 6.61 Å². The number of Topliss-reactive ketones (excluding diaryl/α,β-unsaturated/α-hetero) is 1. The maximum absolute atomic E-state index is 11.9. The molecule has 0 spiro atoms. The van der Waals surface area contributed by atoms with Crippen LogP contribution >= 0.6 is 0 Å². The molecule has 6 aromatic rings. The highest BCUT2D eigenvalue weighted by atomic mass is 16.5. The first-order valence-electron chi connectivity index (χ1n) is 17.5. The van der Waals surface area contributed by atoms with Gasteiger partial charge in [0.1, 0.15) is 11.8 Å². The number of benzene rings is 3. The van der Waals surface area contributed by atoms with Gasteiger partial charge in [-0.25, -0.2) is 9.97 Å². The number of nitrogens with zero attached hydrogens (tertiary/aromatic N) is 3. The van der Waals surface area contributed by atoms with Crippen molar-refractivity contribution in [3.63, 3.8) is 0 Å². The maximum atomic E-state index is 11.9. The lowest BCUT2D eigenvalue weighted by Gasteiger charge is -2.16. The molecule has 0 amide bonds. The number of H-pyrrole nitrogens is 1. The van der Waals surface area contributed by atoms with Crippen LogP contribution in [0.2, 0.25) is 0 Å². The van der Waals surface area contributed by atoms with Gasteiger partial charge in [-0.1, -0.05) is 92.7 Å². The number of amidine groups is 1. The molecule has 3 unspecified atom stereocenters. The number of para-hydroxylation sites is 1. The lowest BCUT2D eigenvalue weighted by molar-refractivity contribution is -0.130. The number of hydrogen-bond acceptors (Lipinski definition) is 6. The molecule has 0 aliphatic carbocycles. The highest BCUT2D eigenvalue weighted by Gasteiger charge is 2.25. The monoisotopic (exact) mass is 672 g/mol. The standard InChI is InChI=1S/C28H30N6O.C13H18O2/c1-2-19(18-10-4-3-5-11-18)26-28(35)34-17-24(21-16-31-22-13-7-6-12-20(21)22)32-23(27(34)33-26)14-8-9-15-25(29)30;1-4-15-11(3)13(14)10(2)12-8-6-5-7-9-12/h3-7,10-13,16-17,19,31,35H,2,8-9,14-15H2,1H3,(H3,29,30);5-11H,4H2,1-3H3. The van der Waals surface area contributed by atoms with E-state index >= 15 is 0 Å². The smallest absolute Gasteiger partial charge is 0.219 e. The highest BCUT2D eigenvalue weighted by molar-refractivity contribution is 5.94. The van der Waals surface area contributed by atoms with Crippen LogP contribution in [0.3, 0.4) is 0 Å². The minimum Gasteiger partial charge on any atom is -0.493 e. The molecule has 5 N–H and O–H groups in total. The second-order valence-corrected chi connectivity index (χ2v) is 12.6. The average molecular weight is 673 g/mol. The molecular weight excluding hydrogens is 624 g/mol. The third kappa shape index (κ3) is 8.29. The van der Waals surface area contributed by atoms with E-state index in [1.165, 1.54) is 0 Å². The summed E-state index contributed by atoms with van der Waals surface area (Å²) in [5.41, 5.74) is 12.7. The van der Waals surface area contributed by atoms with Crippen molar-refractivity contribution in [2.45, 2.75) is 77.7 Å². The van der Waals surface area contributed by atoms with Crippen LogP contribution in [0, 0.1) is 5.41 Å². The van der Waals surface area contributed by atoms with Crippen LogP contribution in [0.5, 0.6) is 5.88 Å². The molecule has 0 aliphatic rings. The summed E-state index contributed by atoms with van der Waals surface area (Å²) < 4.78 is 7.08. The fraction of sp³-hybridized carbons (Fsp3) is 0.317. The van der Waals surface area contributed by atoms with Gasteiger partial charge in [0.2, 0.25) is 5.88 Å². The Kier molecular flexibility index (Phi) is 12.2. The average Bonchev–Trinajstić information content (AvgIpc) is 3.72. The number of aromatic hydroxyl groups is 1. The summed E-state index contributed by atoms with van der Waals surface area (Å²) >= 11 is 0. The number of carbonyl (C=O) groups excluding carboxylic acids is 1. The molecule has 0 bridgehead atoms. The predicted molar refractivity (Wildman–Crippen MR) is 201 cm³/mol. The molecule has 0 saturated heterocycles. The Hall–Kier alpha value is -5.28. The van der Waals surface area contributed by atoms with E-state index in [1.807, 2.05) is 99.9 Å². The van der Waals surface area contributed by atoms with Crippen LogP contribution in [0.15, 0.2) is 97.3 Å². The number of imidazole rings is 1.